The molecule has 0 saturated heterocycles. The average Bonchev–Trinajstić information content (AvgIpc) is 1.94. The molecular formula is C11H27O2PSi. The highest BCUT2D eigenvalue weighted by molar-refractivity contribution is 7.62. The molecule has 92 valence electrons. The molecule has 15 heavy (non-hydrogen) atoms. The zero-order valence-corrected chi connectivity index (χ0v) is 13.3. The SMILES string of the molecule is CC(C)(C)[Si](C)(C)OCCCP(C)(C)=O. The Bertz CT molecular complexity index is 237. The van der Waals surface area contributed by atoms with Crippen molar-refractivity contribution in [3.05, 3.63) is 0 Å². The van der Waals surface area contributed by atoms with Gasteiger partial charge in [0, 0.05) is 12.8 Å². The number of hydrogen-bond donors (Lipinski definition) is 0. The molecule has 0 bridgehead atoms. The van der Waals surface area contributed by atoms with Crippen molar-refractivity contribution in [2.75, 3.05) is 26.1 Å². The Kier molecular flexibility index (Phi) is 5.30. The van der Waals surface area contributed by atoms with Crippen molar-refractivity contribution >= 4 is 15.5 Å². The van der Waals surface area contributed by atoms with Gasteiger partial charge in [-0.2, -0.15) is 0 Å². The van der Waals surface area contributed by atoms with E-state index in [1.165, 1.54) is 0 Å². The fourth-order valence-corrected chi connectivity index (χ4v) is 2.97. The molecule has 0 aliphatic carbocycles. The number of hydrogen-bond acceptors (Lipinski definition) is 2. The fourth-order valence-electron chi connectivity index (χ4n) is 0.989. The maximum atomic E-state index is 11.5. The first-order chi connectivity index (χ1) is 6.46. The zero-order valence-electron chi connectivity index (χ0n) is 11.4. The van der Waals surface area contributed by atoms with E-state index in [1.807, 2.05) is 13.3 Å². The molecule has 0 heterocycles. The molecule has 0 aromatic heterocycles. The molecule has 0 aliphatic heterocycles. The van der Waals surface area contributed by atoms with Crippen LogP contribution < -0.4 is 0 Å². The summed E-state index contributed by atoms with van der Waals surface area (Å²) < 4.78 is 17.5. The van der Waals surface area contributed by atoms with E-state index in [0.717, 1.165) is 19.2 Å². The van der Waals surface area contributed by atoms with Crippen LogP contribution in [0.3, 0.4) is 0 Å². The Balaban J connectivity index is 3.92. The molecule has 0 spiro atoms. The van der Waals surface area contributed by atoms with Gasteiger partial charge in [0.2, 0.25) is 0 Å². The largest absolute Gasteiger partial charge is 0.417 e. The predicted molar refractivity (Wildman–Crippen MR) is 72.1 cm³/mol. The molecule has 0 amide bonds. The van der Waals surface area contributed by atoms with Crippen LogP contribution in [0.4, 0.5) is 0 Å². The van der Waals surface area contributed by atoms with E-state index in [2.05, 4.69) is 33.9 Å². The van der Waals surface area contributed by atoms with Crippen LogP contribution in [0.25, 0.3) is 0 Å². The van der Waals surface area contributed by atoms with Crippen LogP contribution in [-0.2, 0) is 8.99 Å². The first-order valence-electron chi connectivity index (χ1n) is 5.64. The Labute approximate surface area is 96.3 Å². The predicted octanol–water partition coefficient (Wildman–Crippen LogP) is 4.02. The third-order valence-corrected chi connectivity index (χ3v) is 9.04. The Morgan fingerprint density at radius 2 is 1.67 bits per heavy atom. The first-order valence-corrected chi connectivity index (χ1v) is 11.3. The van der Waals surface area contributed by atoms with Gasteiger partial charge < -0.3 is 8.99 Å². The fraction of sp³-hybridized carbons (Fsp3) is 1.00. The van der Waals surface area contributed by atoms with Crippen LogP contribution in [0.1, 0.15) is 27.2 Å². The van der Waals surface area contributed by atoms with E-state index in [-0.39, 0.29) is 5.04 Å². The molecule has 0 aromatic carbocycles. The summed E-state index contributed by atoms with van der Waals surface area (Å²) in [5.41, 5.74) is 0. The molecule has 0 atom stereocenters. The van der Waals surface area contributed by atoms with E-state index in [4.69, 9.17) is 4.43 Å². The molecule has 0 unspecified atom stereocenters. The Morgan fingerprint density at radius 1 is 1.20 bits per heavy atom. The van der Waals surface area contributed by atoms with Crippen LogP contribution in [0.2, 0.25) is 18.1 Å². The van der Waals surface area contributed by atoms with Crippen LogP contribution in [0, 0.1) is 0 Å². The second-order valence-electron chi connectivity index (χ2n) is 6.26. The third-order valence-electron chi connectivity index (χ3n) is 3.11. The molecule has 2 nitrogen and oxygen atoms in total. The third kappa shape index (κ3) is 6.55. The normalized spacial score (nSPS) is 14.3. The van der Waals surface area contributed by atoms with Gasteiger partial charge in [-0.1, -0.05) is 20.8 Å². The van der Waals surface area contributed by atoms with Crippen molar-refractivity contribution < 1.29 is 8.99 Å². The van der Waals surface area contributed by atoms with Gasteiger partial charge in [0.15, 0.2) is 8.32 Å². The summed E-state index contributed by atoms with van der Waals surface area (Å²) >= 11 is 0. The Hall–Kier alpha value is 0.407. The molecule has 0 rings (SSSR count). The van der Waals surface area contributed by atoms with E-state index in [0.29, 0.717) is 0 Å². The van der Waals surface area contributed by atoms with Gasteiger partial charge in [0.25, 0.3) is 0 Å². The second-order valence-corrected chi connectivity index (χ2v) is 14.7. The minimum Gasteiger partial charge on any atom is -0.417 e. The highest BCUT2D eigenvalue weighted by Crippen LogP contribution is 2.38. The highest BCUT2D eigenvalue weighted by Gasteiger charge is 2.36. The van der Waals surface area contributed by atoms with Crippen molar-refractivity contribution in [3.63, 3.8) is 0 Å². The van der Waals surface area contributed by atoms with E-state index >= 15 is 0 Å². The van der Waals surface area contributed by atoms with Gasteiger partial charge >= 0.3 is 0 Å². The average molecular weight is 250 g/mol. The molecule has 0 aromatic rings. The lowest BCUT2D eigenvalue weighted by molar-refractivity contribution is 0.288. The van der Waals surface area contributed by atoms with Crippen molar-refractivity contribution in [2.45, 2.75) is 45.3 Å². The lowest BCUT2D eigenvalue weighted by Crippen LogP contribution is -2.41. The van der Waals surface area contributed by atoms with Crippen molar-refractivity contribution in [1.82, 2.24) is 0 Å². The zero-order chi connectivity index (χ0) is 12.3. The smallest absolute Gasteiger partial charge is 0.191 e. The summed E-state index contributed by atoms with van der Waals surface area (Å²) in [5.74, 6) is 0. The van der Waals surface area contributed by atoms with Crippen LogP contribution in [0.15, 0.2) is 0 Å². The highest BCUT2D eigenvalue weighted by atomic mass is 31.2. The van der Waals surface area contributed by atoms with Crippen LogP contribution >= 0.6 is 7.14 Å². The lowest BCUT2D eigenvalue weighted by atomic mass is 10.2. The quantitative estimate of drug-likeness (QED) is 0.418. The molecule has 0 aliphatic rings. The van der Waals surface area contributed by atoms with Gasteiger partial charge in [-0.3, -0.25) is 0 Å². The van der Waals surface area contributed by atoms with Crippen molar-refractivity contribution in [3.8, 4) is 0 Å². The summed E-state index contributed by atoms with van der Waals surface area (Å²) in [4.78, 5) is 0. The molecule has 4 heteroatoms. The monoisotopic (exact) mass is 250 g/mol. The van der Waals surface area contributed by atoms with Crippen LogP contribution in [-0.4, -0.2) is 34.4 Å². The van der Waals surface area contributed by atoms with Crippen molar-refractivity contribution in [2.24, 2.45) is 0 Å². The summed E-state index contributed by atoms with van der Waals surface area (Å²) in [6, 6.07) is 0. The van der Waals surface area contributed by atoms with E-state index in [1.54, 1.807) is 0 Å². The maximum absolute atomic E-state index is 11.5. The minimum atomic E-state index is -1.85. The van der Waals surface area contributed by atoms with E-state index in [9.17, 15) is 4.57 Å². The lowest BCUT2D eigenvalue weighted by Gasteiger charge is -2.36. The molecule has 0 N–H and O–H groups in total. The topological polar surface area (TPSA) is 26.3 Å². The minimum absolute atomic E-state index is 0.273. The maximum Gasteiger partial charge on any atom is 0.191 e. The van der Waals surface area contributed by atoms with Gasteiger partial charge in [-0.25, -0.2) is 0 Å². The van der Waals surface area contributed by atoms with Gasteiger partial charge in [-0.15, -0.1) is 0 Å². The van der Waals surface area contributed by atoms with Crippen LogP contribution in [0.5, 0.6) is 0 Å². The molecule has 0 radical (unpaired) electrons. The standard InChI is InChI=1S/C11H27O2PSi/c1-11(2,3)15(6,7)13-9-8-10-14(4,5)12/h8-10H2,1-7H3. The summed E-state index contributed by atoms with van der Waals surface area (Å²) in [7, 11) is -3.44. The summed E-state index contributed by atoms with van der Waals surface area (Å²) in [5, 5.41) is 0.273. The van der Waals surface area contributed by atoms with Gasteiger partial charge in [0.05, 0.1) is 7.14 Å². The molecular weight excluding hydrogens is 223 g/mol. The van der Waals surface area contributed by atoms with Gasteiger partial charge in [-0.05, 0) is 37.9 Å². The Morgan fingerprint density at radius 3 is 2.00 bits per heavy atom. The summed E-state index contributed by atoms with van der Waals surface area (Å²) in [6.45, 7) is 15.7. The summed E-state index contributed by atoms with van der Waals surface area (Å²) in [6.07, 6.45) is 1.73. The second kappa shape index (κ2) is 5.16. The van der Waals surface area contributed by atoms with Gasteiger partial charge in [0.1, 0.15) is 0 Å². The molecule has 0 saturated carbocycles. The first kappa shape index (κ1) is 15.4. The van der Waals surface area contributed by atoms with E-state index < -0.39 is 15.5 Å². The molecule has 0 fully saturated rings. The van der Waals surface area contributed by atoms with Crippen molar-refractivity contribution in [1.29, 1.82) is 0 Å². The number of rotatable bonds is 5.